The van der Waals surface area contributed by atoms with Crippen molar-refractivity contribution in [3.05, 3.63) is 30.3 Å². The number of hydrogen-bond donors (Lipinski definition) is 2. The molecule has 1 aliphatic rings. The van der Waals surface area contributed by atoms with Crippen molar-refractivity contribution in [2.45, 2.75) is 18.9 Å². The number of rotatable bonds is 5. The zero-order chi connectivity index (χ0) is 16.9. The third kappa shape index (κ3) is 3.92. The summed E-state index contributed by atoms with van der Waals surface area (Å²) >= 11 is 0. The molecule has 1 atom stereocenters. The number of hydrogen-bond acceptors (Lipinski definition) is 6. The Morgan fingerprint density at radius 3 is 3.08 bits per heavy atom. The first kappa shape index (κ1) is 16.5. The lowest BCUT2D eigenvalue weighted by atomic mass is 10.1. The molecule has 0 radical (unpaired) electrons. The van der Waals surface area contributed by atoms with Gasteiger partial charge in [0.2, 0.25) is 5.91 Å². The highest BCUT2D eigenvalue weighted by Crippen LogP contribution is 2.18. The van der Waals surface area contributed by atoms with Gasteiger partial charge in [0.25, 0.3) is 0 Å². The van der Waals surface area contributed by atoms with Crippen LogP contribution in [-0.4, -0.2) is 63.7 Å². The van der Waals surface area contributed by atoms with Crippen LogP contribution in [0.4, 0.5) is 10.1 Å². The van der Waals surface area contributed by atoms with Crippen molar-refractivity contribution in [3.8, 4) is 5.69 Å². The molecule has 0 saturated carbocycles. The van der Waals surface area contributed by atoms with Gasteiger partial charge in [-0.15, -0.1) is 5.10 Å². The zero-order valence-corrected chi connectivity index (χ0v) is 13.4. The van der Waals surface area contributed by atoms with E-state index in [0.717, 1.165) is 25.9 Å². The quantitative estimate of drug-likeness (QED) is 0.825. The van der Waals surface area contributed by atoms with Crippen LogP contribution < -0.4 is 10.6 Å². The standard InChI is InChI=1S/C15H20FN7O/c1-17-11-3-2-6-22(8-11)9-15(24)19-14-7-12(4-5-13(14)16)23-10-18-20-21-23/h4-5,7,10-11,17H,2-3,6,8-9H2,1H3,(H,19,24). The van der Waals surface area contributed by atoms with Crippen molar-refractivity contribution in [2.24, 2.45) is 0 Å². The summed E-state index contributed by atoms with van der Waals surface area (Å²) < 4.78 is 15.4. The highest BCUT2D eigenvalue weighted by Gasteiger charge is 2.20. The van der Waals surface area contributed by atoms with Crippen LogP contribution in [0.3, 0.4) is 0 Å². The number of likely N-dealkylation sites (N-methyl/N-ethyl adjacent to an activating group) is 1. The number of aromatic nitrogens is 4. The minimum Gasteiger partial charge on any atom is -0.322 e. The van der Waals surface area contributed by atoms with Gasteiger partial charge < -0.3 is 10.6 Å². The molecule has 2 aromatic rings. The number of amides is 1. The topological polar surface area (TPSA) is 88.0 Å². The minimum atomic E-state index is -0.494. The number of piperidine rings is 1. The molecular formula is C15H20FN7O. The normalized spacial score (nSPS) is 18.5. The van der Waals surface area contributed by atoms with Crippen molar-refractivity contribution in [3.63, 3.8) is 0 Å². The highest BCUT2D eigenvalue weighted by atomic mass is 19.1. The molecule has 1 aromatic heterocycles. The summed E-state index contributed by atoms with van der Waals surface area (Å²) in [5.74, 6) is -0.730. The van der Waals surface area contributed by atoms with E-state index >= 15 is 0 Å². The predicted molar refractivity (Wildman–Crippen MR) is 86.3 cm³/mol. The van der Waals surface area contributed by atoms with E-state index in [4.69, 9.17) is 0 Å². The Labute approximate surface area is 139 Å². The molecule has 2 N–H and O–H groups in total. The average molecular weight is 333 g/mol. The van der Waals surface area contributed by atoms with Gasteiger partial charge in [0.15, 0.2) is 0 Å². The lowest BCUT2D eigenvalue weighted by molar-refractivity contribution is -0.117. The SMILES string of the molecule is CNC1CCCN(CC(=O)Nc2cc(-n3cnnn3)ccc2F)C1. The summed E-state index contributed by atoms with van der Waals surface area (Å²) in [6.07, 6.45) is 3.56. The number of nitrogens with one attached hydrogen (secondary N) is 2. The first-order valence-corrected chi connectivity index (χ1v) is 7.88. The second kappa shape index (κ2) is 7.45. The number of carbonyl (C=O) groups is 1. The second-order valence-corrected chi connectivity index (χ2v) is 5.83. The molecule has 1 saturated heterocycles. The maximum Gasteiger partial charge on any atom is 0.238 e. The van der Waals surface area contributed by atoms with Crippen LogP contribution in [0.1, 0.15) is 12.8 Å². The molecule has 24 heavy (non-hydrogen) atoms. The average Bonchev–Trinajstić information content (AvgIpc) is 3.11. The lowest BCUT2D eigenvalue weighted by Gasteiger charge is -2.31. The largest absolute Gasteiger partial charge is 0.322 e. The Kier molecular flexibility index (Phi) is 5.11. The highest BCUT2D eigenvalue weighted by molar-refractivity contribution is 5.92. The number of carbonyl (C=O) groups excluding carboxylic acids is 1. The summed E-state index contributed by atoms with van der Waals surface area (Å²) in [5, 5.41) is 16.7. The molecular weight excluding hydrogens is 313 g/mol. The number of anilines is 1. The fourth-order valence-electron chi connectivity index (χ4n) is 2.86. The number of tetrazole rings is 1. The van der Waals surface area contributed by atoms with Crippen LogP contribution in [0.25, 0.3) is 5.69 Å². The molecule has 128 valence electrons. The number of likely N-dealkylation sites (tertiary alicyclic amines) is 1. The van der Waals surface area contributed by atoms with Crippen LogP contribution in [-0.2, 0) is 4.79 Å². The molecule has 8 nitrogen and oxygen atoms in total. The molecule has 1 fully saturated rings. The third-order valence-corrected chi connectivity index (χ3v) is 4.12. The summed E-state index contributed by atoms with van der Waals surface area (Å²) in [7, 11) is 1.92. The number of benzene rings is 1. The van der Waals surface area contributed by atoms with Crippen LogP contribution >= 0.6 is 0 Å². The summed E-state index contributed by atoms with van der Waals surface area (Å²) in [6, 6.07) is 4.73. The molecule has 2 heterocycles. The van der Waals surface area contributed by atoms with Crippen molar-refractivity contribution in [1.82, 2.24) is 30.4 Å². The molecule has 0 spiro atoms. The van der Waals surface area contributed by atoms with Gasteiger partial charge in [0.05, 0.1) is 17.9 Å². The Hall–Kier alpha value is -2.39. The molecule has 3 rings (SSSR count). The molecule has 9 heteroatoms. The van der Waals surface area contributed by atoms with Crippen molar-refractivity contribution < 1.29 is 9.18 Å². The second-order valence-electron chi connectivity index (χ2n) is 5.83. The monoisotopic (exact) mass is 333 g/mol. The van der Waals surface area contributed by atoms with Crippen molar-refractivity contribution in [2.75, 3.05) is 32.0 Å². The van der Waals surface area contributed by atoms with Gasteiger partial charge >= 0.3 is 0 Å². The predicted octanol–water partition coefficient (Wildman–Crippen LogP) is 0.424. The minimum absolute atomic E-state index is 0.121. The van der Waals surface area contributed by atoms with Gasteiger partial charge in [0.1, 0.15) is 12.1 Å². The summed E-state index contributed by atoms with van der Waals surface area (Å²) in [4.78, 5) is 14.3. The Balaban J connectivity index is 1.64. The summed E-state index contributed by atoms with van der Waals surface area (Å²) in [6.45, 7) is 1.93. The maximum absolute atomic E-state index is 14.0. The fourth-order valence-corrected chi connectivity index (χ4v) is 2.86. The summed E-state index contributed by atoms with van der Waals surface area (Å²) in [5.41, 5.74) is 0.695. The van der Waals surface area contributed by atoms with Gasteiger partial charge in [0, 0.05) is 12.6 Å². The van der Waals surface area contributed by atoms with E-state index < -0.39 is 5.82 Å². The molecule has 0 aliphatic carbocycles. The van der Waals surface area contributed by atoms with Gasteiger partial charge in [-0.1, -0.05) is 0 Å². The van der Waals surface area contributed by atoms with Gasteiger partial charge in [-0.25, -0.2) is 9.07 Å². The Morgan fingerprint density at radius 1 is 1.46 bits per heavy atom. The van der Waals surface area contributed by atoms with Gasteiger partial charge in [-0.2, -0.15) is 0 Å². The zero-order valence-electron chi connectivity index (χ0n) is 13.4. The lowest BCUT2D eigenvalue weighted by Crippen LogP contribution is -2.46. The van der Waals surface area contributed by atoms with Gasteiger partial charge in [-0.3, -0.25) is 9.69 Å². The van der Waals surface area contributed by atoms with Crippen LogP contribution in [0.5, 0.6) is 0 Å². The van der Waals surface area contributed by atoms with Crippen LogP contribution in [0.2, 0.25) is 0 Å². The van der Waals surface area contributed by atoms with E-state index in [1.54, 1.807) is 6.07 Å². The smallest absolute Gasteiger partial charge is 0.238 e. The van der Waals surface area contributed by atoms with Crippen molar-refractivity contribution in [1.29, 1.82) is 0 Å². The van der Waals surface area contributed by atoms with E-state index in [-0.39, 0.29) is 18.1 Å². The van der Waals surface area contributed by atoms with Crippen LogP contribution in [0.15, 0.2) is 24.5 Å². The first-order valence-electron chi connectivity index (χ1n) is 7.88. The first-order chi connectivity index (χ1) is 11.7. The third-order valence-electron chi connectivity index (χ3n) is 4.12. The van der Waals surface area contributed by atoms with E-state index in [1.165, 1.54) is 23.1 Å². The van der Waals surface area contributed by atoms with E-state index in [2.05, 4.69) is 31.1 Å². The van der Waals surface area contributed by atoms with Crippen molar-refractivity contribution >= 4 is 11.6 Å². The Bertz CT molecular complexity index is 691. The number of halogens is 1. The fraction of sp³-hybridized carbons (Fsp3) is 0.467. The molecule has 1 unspecified atom stereocenters. The van der Waals surface area contributed by atoms with Gasteiger partial charge in [-0.05, 0) is 55.1 Å². The van der Waals surface area contributed by atoms with E-state index in [9.17, 15) is 9.18 Å². The maximum atomic E-state index is 14.0. The molecule has 1 aliphatic heterocycles. The van der Waals surface area contributed by atoms with E-state index in [0.29, 0.717) is 11.7 Å². The number of nitrogens with zero attached hydrogens (tertiary/aromatic N) is 5. The molecule has 1 amide bonds. The Morgan fingerprint density at radius 2 is 2.33 bits per heavy atom. The van der Waals surface area contributed by atoms with E-state index in [1.807, 2.05) is 7.05 Å². The van der Waals surface area contributed by atoms with Crippen LogP contribution in [0, 0.1) is 5.82 Å². The molecule has 0 bridgehead atoms. The molecule has 1 aromatic carbocycles.